The van der Waals surface area contributed by atoms with Crippen LogP contribution in [0.3, 0.4) is 0 Å². The number of amides is 2. The van der Waals surface area contributed by atoms with E-state index in [4.69, 9.17) is 4.84 Å². The molecule has 1 heterocycles. The Hall–Kier alpha value is -1.64. The van der Waals surface area contributed by atoms with Crippen LogP contribution in [0.1, 0.15) is 24.8 Å². The molecule has 2 rings (SSSR count). The molecular weight excluding hydrogens is 374 g/mol. The van der Waals surface area contributed by atoms with Crippen molar-refractivity contribution in [2.24, 2.45) is 0 Å². The van der Waals surface area contributed by atoms with Crippen LogP contribution in [0.5, 0.6) is 5.75 Å². The molecule has 0 saturated carbocycles. The van der Waals surface area contributed by atoms with E-state index < -0.39 is 17.8 Å². The summed E-state index contributed by atoms with van der Waals surface area (Å²) in [6.45, 7) is 0. The van der Waals surface area contributed by atoms with E-state index in [-0.39, 0.29) is 25.0 Å². The van der Waals surface area contributed by atoms with Gasteiger partial charge in [0, 0.05) is 12.8 Å². The van der Waals surface area contributed by atoms with Crippen LogP contribution >= 0.6 is 22.6 Å². The van der Waals surface area contributed by atoms with Gasteiger partial charge in [-0.05, 0) is 46.7 Å². The van der Waals surface area contributed by atoms with Crippen molar-refractivity contribution in [2.75, 3.05) is 0 Å². The number of hydrogen-bond donors (Lipinski definition) is 1. The third-order valence-electron chi connectivity index (χ3n) is 2.83. The zero-order valence-electron chi connectivity index (χ0n) is 10.5. The molecule has 0 aliphatic carbocycles. The van der Waals surface area contributed by atoms with Crippen molar-refractivity contribution in [3.8, 4) is 5.75 Å². The first kappa shape index (κ1) is 14.8. The molecule has 20 heavy (non-hydrogen) atoms. The molecule has 106 valence electrons. The van der Waals surface area contributed by atoms with Gasteiger partial charge in [-0.25, -0.2) is 4.79 Å². The first-order chi connectivity index (χ1) is 9.47. The van der Waals surface area contributed by atoms with E-state index in [1.165, 1.54) is 0 Å². The predicted octanol–water partition coefficient (Wildman–Crippen LogP) is 1.54. The van der Waals surface area contributed by atoms with Gasteiger partial charge in [0.1, 0.15) is 5.75 Å². The molecule has 6 nitrogen and oxygen atoms in total. The lowest BCUT2D eigenvalue weighted by Gasteiger charge is -2.12. The Labute approximate surface area is 128 Å². The van der Waals surface area contributed by atoms with Crippen molar-refractivity contribution < 1.29 is 24.3 Å². The number of hydrogen-bond acceptors (Lipinski definition) is 5. The zero-order valence-corrected chi connectivity index (χ0v) is 12.6. The quantitative estimate of drug-likeness (QED) is 0.627. The molecule has 7 heteroatoms. The first-order valence-electron chi connectivity index (χ1n) is 6.01. The molecule has 0 unspecified atom stereocenters. The number of phenolic OH excluding ortho intramolecular Hbond substituents is 1. The van der Waals surface area contributed by atoms with Crippen LogP contribution in [-0.4, -0.2) is 28.0 Å². The van der Waals surface area contributed by atoms with E-state index in [2.05, 4.69) is 0 Å². The molecule has 0 aromatic heterocycles. The maximum atomic E-state index is 11.6. The number of phenols is 1. The van der Waals surface area contributed by atoms with Crippen LogP contribution in [0.2, 0.25) is 0 Å². The number of aryl methyl sites for hydroxylation is 1. The van der Waals surface area contributed by atoms with Gasteiger partial charge in [0.05, 0.1) is 9.99 Å². The fraction of sp³-hybridized carbons (Fsp3) is 0.308. The van der Waals surface area contributed by atoms with Crippen LogP contribution in [0.25, 0.3) is 0 Å². The summed E-state index contributed by atoms with van der Waals surface area (Å²) in [7, 11) is 0. The Morgan fingerprint density at radius 3 is 2.55 bits per heavy atom. The smallest absolute Gasteiger partial charge is 0.333 e. The monoisotopic (exact) mass is 386 g/mol. The second-order valence-electron chi connectivity index (χ2n) is 4.33. The summed E-state index contributed by atoms with van der Waals surface area (Å²) in [5, 5.41) is 9.93. The van der Waals surface area contributed by atoms with E-state index in [1.807, 2.05) is 22.6 Å². The first-order valence-corrected chi connectivity index (χ1v) is 7.09. The summed E-state index contributed by atoms with van der Waals surface area (Å²) in [4.78, 5) is 38.9. The molecule has 1 aromatic rings. The SMILES string of the molecule is O=C(CCc1ccc(O)c([124I])c1)ON1C(=O)CCC1=O. The highest BCUT2D eigenvalue weighted by molar-refractivity contribution is 14.1. The molecule has 1 fully saturated rings. The normalized spacial score (nSPS) is 14.8. The Balaban J connectivity index is 1.87. The average Bonchev–Trinajstić information content (AvgIpc) is 2.72. The highest BCUT2D eigenvalue weighted by Crippen LogP contribution is 2.21. The minimum atomic E-state index is -0.628. The maximum absolute atomic E-state index is 11.6. The van der Waals surface area contributed by atoms with Crippen molar-refractivity contribution >= 4 is 40.4 Å². The second-order valence-corrected chi connectivity index (χ2v) is 5.49. The molecule has 0 atom stereocenters. The maximum Gasteiger partial charge on any atom is 0.333 e. The van der Waals surface area contributed by atoms with Gasteiger partial charge in [0.2, 0.25) is 0 Å². The van der Waals surface area contributed by atoms with Crippen LogP contribution in [0, 0.1) is 3.57 Å². The number of carbonyl (C=O) groups is 3. The van der Waals surface area contributed by atoms with Crippen molar-refractivity contribution in [1.82, 2.24) is 5.06 Å². The molecule has 0 spiro atoms. The third kappa shape index (κ3) is 3.47. The number of rotatable bonds is 4. The highest BCUT2D eigenvalue weighted by Gasteiger charge is 2.32. The van der Waals surface area contributed by atoms with Crippen LogP contribution in [0.4, 0.5) is 0 Å². The summed E-state index contributed by atoms with van der Waals surface area (Å²) in [6, 6.07) is 5.02. The van der Waals surface area contributed by atoms with Crippen molar-refractivity contribution in [2.45, 2.75) is 25.7 Å². The van der Waals surface area contributed by atoms with Crippen molar-refractivity contribution in [3.63, 3.8) is 0 Å². The molecule has 0 radical (unpaired) electrons. The standard InChI is InChI=1S/C13H12INO5/c14-9-7-8(1-3-10(9)16)2-6-13(19)20-15-11(17)4-5-12(15)18/h1,3,7,16H,2,4-6H2/i14-3. The predicted molar refractivity (Wildman–Crippen MR) is 76.3 cm³/mol. The summed E-state index contributed by atoms with van der Waals surface area (Å²) in [5.41, 5.74) is 0.864. The molecule has 1 aromatic carbocycles. The highest BCUT2D eigenvalue weighted by atomic mass is 124. The molecule has 2 amide bonds. The molecular formula is C13H12INO5. The molecule has 1 saturated heterocycles. The fourth-order valence-electron chi connectivity index (χ4n) is 1.76. The lowest BCUT2D eigenvalue weighted by atomic mass is 10.1. The number of halogens is 1. The summed E-state index contributed by atoms with van der Waals surface area (Å²) < 4.78 is 0.693. The second kappa shape index (κ2) is 6.21. The van der Waals surface area contributed by atoms with E-state index >= 15 is 0 Å². The Morgan fingerprint density at radius 2 is 1.95 bits per heavy atom. The van der Waals surface area contributed by atoms with Gasteiger partial charge >= 0.3 is 5.97 Å². The van der Waals surface area contributed by atoms with Gasteiger partial charge in [0.15, 0.2) is 0 Å². The van der Waals surface area contributed by atoms with Crippen molar-refractivity contribution in [3.05, 3.63) is 27.3 Å². The lowest BCUT2D eigenvalue weighted by Crippen LogP contribution is -2.32. The van der Waals surface area contributed by atoms with Gasteiger partial charge in [-0.2, -0.15) is 0 Å². The minimum absolute atomic E-state index is 0.0535. The van der Waals surface area contributed by atoms with E-state index in [1.54, 1.807) is 18.2 Å². The van der Waals surface area contributed by atoms with E-state index in [0.29, 0.717) is 15.1 Å². The van der Waals surface area contributed by atoms with Gasteiger partial charge in [-0.1, -0.05) is 6.07 Å². The van der Waals surface area contributed by atoms with Gasteiger partial charge in [0.25, 0.3) is 11.8 Å². The minimum Gasteiger partial charge on any atom is -0.507 e. The van der Waals surface area contributed by atoms with E-state index in [0.717, 1.165) is 5.56 Å². The molecule has 0 bridgehead atoms. The topological polar surface area (TPSA) is 83.9 Å². The van der Waals surface area contributed by atoms with Crippen LogP contribution < -0.4 is 0 Å². The third-order valence-corrected chi connectivity index (χ3v) is 3.69. The molecule has 1 N–H and O–H groups in total. The van der Waals surface area contributed by atoms with Gasteiger partial charge in [-0.15, -0.1) is 5.06 Å². The summed E-state index contributed by atoms with van der Waals surface area (Å²) in [6.07, 6.45) is 0.633. The number of benzene rings is 1. The largest absolute Gasteiger partial charge is 0.507 e. The van der Waals surface area contributed by atoms with Crippen molar-refractivity contribution in [1.29, 1.82) is 0 Å². The van der Waals surface area contributed by atoms with Crippen LogP contribution in [0.15, 0.2) is 18.2 Å². The zero-order chi connectivity index (χ0) is 14.7. The number of imide groups is 1. The Kier molecular flexibility index (Phi) is 4.58. The summed E-state index contributed by atoms with van der Waals surface area (Å²) >= 11 is 1.99. The lowest BCUT2D eigenvalue weighted by molar-refractivity contribution is -0.197. The van der Waals surface area contributed by atoms with Gasteiger partial charge < -0.3 is 9.94 Å². The molecule has 1 aliphatic rings. The number of nitrogens with zero attached hydrogens (tertiary/aromatic N) is 1. The van der Waals surface area contributed by atoms with Gasteiger partial charge in [-0.3, -0.25) is 9.59 Å². The summed E-state index contributed by atoms with van der Waals surface area (Å²) in [5.74, 6) is -1.41. The fourth-order valence-corrected chi connectivity index (χ4v) is 2.34. The van der Waals surface area contributed by atoms with Crippen LogP contribution in [-0.2, 0) is 25.6 Å². The average molecular weight is 386 g/mol. The number of carbonyl (C=O) groups excluding carboxylic acids is 3. The number of aromatic hydroxyl groups is 1. The molecule has 1 aliphatic heterocycles. The number of hydroxylamine groups is 2. The van der Waals surface area contributed by atoms with E-state index in [9.17, 15) is 19.5 Å². The Morgan fingerprint density at radius 1 is 1.30 bits per heavy atom. The Bertz CT molecular complexity index is 556.